The maximum atomic E-state index is 12.8. The Hall–Kier alpha value is -2.75. The van der Waals surface area contributed by atoms with Gasteiger partial charge in [-0.15, -0.1) is 16.2 Å². The predicted molar refractivity (Wildman–Crippen MR) is 133 cm³/mol. The molecule has 4 rings (SSSR count). The molecule has 0 aromatic heterocycles. The zero-order valence-corrected chi connectivity index (χ0v) is 19.7. The molecule has 1 N–H and O–H groups in total. The van der Waals surface area contributed by atoms with Crippen molar-refractivity contribution in [3.8, 4) is 0 Å². The summed E-state index contributed by atoms with van der Waals surface area (Å²) >= 11 is 2.70. The van der Waals surface area contributed by atoms with E-state index in [0.717, 1.165) is 22.2 Å². The largest absolute Gasteiger partial charge is 0.325 e. The van der Waals surface area contributed by atoms with Crippen LogP contribution in [0.1, 0.15) is 5.56 Å². The number of hydrogen-bond donors (Lipinski definition) is 1. The lowest BCUT2D eigenvalue weighted by atomic mass is 10.2. The fourth-order valence-corrected chi connectivity index (χ4v) is 5.96. The lowest BCUT2D eigenvalue weighted by Crippen LogP contribution is -2.34. The Balaban J connectivity index is 1.56. The van der Waals surface area contributed by atoms with Gasteiger partial charge in [0.15, 0.2) is 5.17 Å². The van der Waals surface area contributed by atoms with Crippen LogP contribution >= 0.6 is 23.5 Å². The molecule has 164 valence electrons. The van der Waals surface area contributed by atoms with Gasteiger partial charge in [0.25, 0.3) is 10.0 Å². The van der Waals surface area contributed by atoms with Crippen LogP contribution in [0.3, 0.4) is 0 Å². The van der Waals surface area contributed by atoms with Gasteiger partial charge in [-0.3, -0.25) is 4.79 Å². The average Bonchev–Trinajstić information content (AvgIpc) is 2.80. The molecule has 1 aliphatic heterocycles. The highest BCUT2D eigenvalue weighted by atomic mass is 32.2. The maximum Gasteiger partial charge on any atom is 0.286 e. The van der Waals surface area contributed by atoms with Gasteiger partial charge >= 0.3 is 0 Å². The molecule has 0 atom stereocenters. The van der Waals surface area contributed by atoms with Gasteiger partial charge in [-0.05, 0) is 42.2 Å². The molecular weight excluding hydrogens is 462 g/mol. The third-order valence-electron chi connectivity index (χ3n) is 4.73. The lowest BCUT2D eigenvalue weighted by Gasteiger charge is -2.30. The number of hydrogen-bond acceptors (Lipinski definition) is 6. The van der Waals surface area contributed by atoms with Crippen LogP contribution < -0.4 is 10.2 Å². The van der Waals surface area contributed by atoms with E-state index in [-0.39, 0.29) is 21.7 Å². The van der Waals surface area contributed by atoms with E-state index >= 15 is 0 Å². The van der Waals surface area contributed by atoms with Crippen LogP contribution in [0.15, 0.2) is 93.1 Å². The Labute approximate surface area is 196 Å². The molecule has 0 bridgehead atoms. The smallest absolute Gasteiger partial charge is 0.286 e. The summed E-state index contributed by atoms with van der Waals surface area (Å²) in [5.41, 5.74) is 2.27. The van der Waals surface area contributed by atoms with Gasteiger partial charge in [0.2, 0.25) is 5.91 Å². The van der Waals surface area contributed by atoms with Crippen LogP contribution in [0, 0.1) is 0 Å². The normalized spacial score (nSPS) is 14.4. The second kappa shape index (κ2) is 9.81. The molecule has 1 aliphatic rings. The van der Waals surface area contributed by atoms with E-state index in [1.165, 1.54) is 0 Å². The highest BCUT2D eigenvalue weighted by Gasteiger charge is 2.31. The van der Waals surface area contributed by atoms with E-state index in [2.05, 4.69) is 9.71 Å². The number of nitrogens with one attached hydrogen (secondary N) is 1. The number of benzene rings is 3. The van der Waals surface area contributed by atoms with E-state index in [1.54, 1.807) is 36.0 Å². The molecule has 0 saturated heterocycles. The standard InChI is InChI=1S/C23H21N3O3S3/c1-30-19-11-7-10-18(14-19)24-22(27)16-31-23-25-32(28,29)21-13-6-5-12-20(21)26(23)15-17-8-3-2-4-9-17/h2-14H,15-16H2,1H3,(H,24,27). The summed E-state index contributed by atoms with van der Waals surface area (Å²) in [7, 11) is -3.84. The van der Waals surface area contributed by atoms with Crippen molar-refractivity contribution in [2.45, 2.75) is 16.3 Å². The zero-order valence-electron chi connectivity index (χ0n) is 17.3. The van der Waals surface area contributed by atoms with Crippen molar-refractivity contribution in [3.05, 3.63) is 84.4 Å². The van der Waals surface area contributed by atoms with Crippen molar-refractivity contribution in [1.29, 1.82) is 0 Å². The summed E-state index contributed by atoms with van der Waals surface area (Å²) in [5.74, 6) is -0.197. The topological polar surface area (TPSA) is 78.8 Å². The molecule has 0 spiro atoms. The Bertz CT molecular complexity index is 1260. The molecule has 0 unspecified atom stereocenters. The number of carbonyl (C=O) groups excluding carboxylic acids is 1. The molecular formula is C23H21N3O3S3. The second-order valence-electron chi connectivity index (χ2n) is 6.96. The summed E-state index contributed by atoms with van der Waals surface area (Å²) in [6, 6.07) is 24.1. The number of carbonyl (C=O) groups is 1. The third-order valence-corrected chi connectivity index (χ3v) is 7.86. The monoisotopic (exact) mass is 483 g/mol. The minimum absolute atomic E-state index is 0.0330. The minimum atomic E-state index is -3.84. The Kier molecular flexibility index (Phi) is 6.88. The first kappa shape index (κ1) is 22.4. The quantitative estimate of drug-likeness (QED) is 0.505. The molecule has 0 fully saturated rings. The summed E-state index contributed by atoms with van der Waals surface area (Å²) in [5, 5.41) is 3.14. The van der Waals surface area contributed by atoms with Gasteiger partial charge in [-0.2, -0.15) is 8.42 Å². The van der Waals surface area contributed by atoms with Gasteiger partial charge < -0.3 is 10.2 Å². The highest BCUT2D eigenvalue weighted by Crippen LogP contribution is 2.35. The van der Waals surface area contributed by atoms with Gasteiger partial charge in [0.05, 0.1) is 18.0 Å². The van der Waals surface area contributed by atoms with E-state index in [0.29, 0.717) is 17.9 Å². The fourth-order valence-electron chi connectivity index (χ4n) is 3.25. The number of amidine groups is 1. The van der Waals surface area contributed by atoms with Crippen molar-refractivity contribution in [1.82, 2.24) is 0 Å². The Morgan fingerprint density at radius 2 is 1.75 bits per heavy atom. The van der Waals surface area contributed by atoms with Crippen molar-refractivity contribution in [2.24, 2.45) is 4.40 Å². The first-order valence-electron chi connectivity index (χ1n) is 9.78. The predicted octanol–water partition coefficient (Wildman–Crippen LogP) is 4.85. The summed E-state index contributed by atoms with van der Waals surface area (Å²) in [4.78, 5) is 15.6. The third kappa shape index (κ3) is 5.17. The fraction of sp³-hybridized carbons (Fsp3) is 0.130. The molecule has 1 heterocycles. The summed E-state index contributed by atoms with van der Waals surface area (Å²) < 4.78 is 29.5. The molecule has 1 amide bonds. The highest BCUT2D eigenvalue weighted by molar-refractivity contribution is 8.15. The van der Waals surface area contributed by atoms with Gasteiger partial charge in [0, 0.05) is 10.6 Å². The molecule has 3 aromatic rings. The van der Waals surface area contributed by atoms with E-state index < -0.39 is 10.0 Å². The van der Waals surface area contributed by atoms with Crippen molar-refractivity contribution >= 4 is 56.0 Å². The minimum Gasteiger partial charge on any atom is -0.325 e. The van der Waals surface area contributed by atoms with Crippen LogP contribution in [0.25, 0.3) is 0 Å². The van der Waals surface area contributed by atoms with Crippen molar-refractivity contribution < 1.29 is 13.2 Å². The molecule has 32 heavy (non-hydrogen) atoms. The number of para-hydroxylation sites is 1. The lowest BCUT2D eigenvalue weighted by molar-refractivity contribution is -0.113. The maximum absolute atomic E-state index is 12.8. The molecule has 6 nitrogen and oxygen atoms in total. The molecule has 9 heteroatoms. The molecule has 0 aliphatic carbocycles. The van der Waals surface area contributed by atoms with Crippen LogP contribution in [-0.4, -0.2) is 31.5 Å². The molecule has 3 aromatic carbocycles. The van der Waals surface area contributed by atoms with E-state index in [1.807, 2.05) is 65.8 Å². The molecule has 0 saturated carbocycles. The summed E-state index contributed by atoms with van der Waals surface area (Å²) in [6.07, 6.45) is 1.97. The van der Waals surface area contributed by atoms with E-state index in [9.17, 15) is 13.2 Å². The molecule has 0 radical (unpaired) electrons. The van der Waals surface area contributed by atoms with Crippen LogP contribution in [0.5, 0.6) is 0 Å². The number of amides is 1. The number of rotatable bonds is 6. The van der Waals surface area contributed by atoms with Crippen LogP contribution in [0.2, 0.25) is 0 Å². The van der Waals surface area contributed by atoms with E-state index in [4.69, 9.17) is 0 Å². The summed E-state index contributed by atoms with van der Waals surface area (Å²) in [6.45, 7) is 0.441. The van der Waals surface area contributed by atoms with Crippen molar-refractivity contribution in [2.75, 3.05) is 22.2 Å². The first-order valence-corrected chi connectivity index (χ1v) is 13.4. The first-order chi connectivity index (χ1) is 15.5. The SMILES string of the molecule is CSc1cccc(NC(=O)CSC2=NS(=O)(=O)c3ccccc3N2Cc2ccccc2)c1. The van der Waals surface area contributed by atoms with Gasteiger partial charge in [-0.25, -0.2) is 0 Å². The number of sulfonamides is 1. The number of nitrogens with zero attached hydrogens (tertiary/aromatic N) is 2. The number of fused-ring (bicyclic) bond motifs is 1. The second-order valence-corrected chi connectivity index (χ2v) is 10.4. The number of thioether (sulfide) groups is 2. The van der Waals surface area contributed by atoms with Crippen LogP contribution in [0.4, 0.5) is 11.4 Å². The Morgan fingerprint density at radius 1 is 1.00 bits per heavy atom. The number of anilines is 2. The Morgan fingerprint density at radius 3 is 2.53 bits per heavy atom. The average molecular weight is 484 g/mol. The van der Waals surface area contributed by atoms with Crippen molar-refractivity contribution in [3.63, 3.8) is 0 Å². The zero-order chi connectivity index (χ0) is 22.6. The van der Waals surface area contributed by atoms with Gasteiger partial charge in [-0.1, -0.05) is 60.3 Å². The van der Waals surface area contributed by atoms with Crippen LogP contribution in [-0.2, 0) is 21.4 Å². The van der Waals surface area contributed by atoms with Gasteiger partial charge in [0.1, 0.15) is 4.90 Å².